The molecule has 62 valence electrons. The summed E-state index contributed by atoms with van der Waals surface area (Å²) in [6.45, 7) is 5.20. The highest BCUT2D eigenvalue weighted by Gasteiger charge is 2.18. The van der Waals surface area contributed by atoms with E-state index in [9.17, 15) is 4.79 Å². The minimum absolute atomic E-state index is 0.166. The van der Waals surface area contributed by atoms with Gasteiger partial charge in [-0.1, -0.05) is 6.58 Å². The van der Waals surface area contributed by atoms with Crippen LogP contribution in [-0.4, -0.2) is 12.1 Å². The highest BCUT2D eigenvalue weighted by atomic mass is 16.5. The predicted octanol–water partition coefficient (Wildman–Crippen LogP) is 2.05. The van der Waals surface area contributed by atoms with E-state index >= 15 is 0 Å². The van der Waals surface area contributed by atoms with Crippen molar-refractivity contribution in [2.24, 2.45) is 0 Å². The molecule has 0 saturated heterocycles. The lowest BCUT2D eigenvalue weighted by molar-refractivity contribution is -0.143. The van der Waals surface area contributed by atoms with Crippen molar-refractivity contribution in [1.29, 1.82) is 0 Å². The highest BCUT2D eigenvalue weighted by molar-refractivity contribution is 5.87. The molecule has 0 aromatic heterocycles. The zero-order chi connectivity index (χ0) is 8.27. The Hall–Kier alpha value is -0.790. The van der Waals surface area contributed by atoms with Crippen molar-refractivity contribution >= 4 is 5.97 Å². The maximum atomic E-state index is 11.0. The lowest BCUT2D eigenvalue weighted by atomic mass is 10.3. The molecule has 0 heterocycles. The van der Waals surface area contributed by atoms with Gasteiger partial charge >= 0.3 is 5.97 Å². The lowest BCUT2D eigenvalue weighted by Gasteiger charge is -2.10. The molecule has 11 heavy (non-hydrogen) atoms. The van der Waals surface area contributed by atoms with Gasteiger partial charge in [-0.25, -0.2) is 4.79 Å². The molecule has 1 aliphatic rings. The van der Waals surface area contributed by atoms with Crippen molar-refractivity contribution in [3.8, 4) is 0 Å². The first-order valence-corrected chi connectivity index (χ1v) is 4.06. The summed E-state index contributed by atoms with van der Waals surface area (Å²) in [7, 11) is 0. The Morgan fingerprint density at radius 1 is 1.45 bits per heavy atom. The second-order valence-electron chi connectivity index (χ2n) is 3.09. The summed E-state index contributed by atoms with van der Waals surface area (Å²) in [6, 6.07) is 0. The van der Waals surface area contributed by atoms with E-state index in [1.54, 1.807) is 6.92 Å². The summed E-state index contributed by atoms with van der Waals surface area (Å²) in [5.41, 5.74) is 0.497. The number of carbonyl (C=O) groups excluding carboxylic acids is 1. The first kappa shape index (κ1) is 8.31. The summed E-state index contributed by atoms with van der Waals surface area (Å²) in [5.74, 6) is -0.239. The van der Waals surface area contributed by atoms with Crippen molar-refractivity contribution in [3.63, 3.8) is 0 Å². The molecule has 0 spiro atoms. The van der Waals surface area contributed by atoms with E-state index in [0.717, 1.165) is 12.8 Å². The molecule has 0 N–H and O–H groups in total. The molecule has 1 fully saturated rings. The third kappa shape index (κ3) is 2.37. The van der Waals surface area contributed by atoms with E-state index in [2.05, 4.69) is 6.58 Å². The van der Waals surface area contributed by atoms with Gasteiger partial charge in [-0.2, -0.15) is 0 Å². The minimum Gasteiger partial charge on any atom is -0.459 e. The van der Waals surface area contributed by atoms with Crippen LogP contribution in [0.1, 0.15) is 32.6 Å². The van der Waals surface area contributed by atoms with Crippen molar-refractivity contribution in [2.75, 3.05) is 0 Å². The highest BCUT2D eigenvalue weighted by Crippen LogP contribution is 2.21. The molecule has 2 heteroatoms. The topological polar surface area (TPSA) is 26.3 Å². The average molecular weight is 154 g/mol. The van der Waals surface area contributed by atoms with Crippen molar-refractivity contribution in [3.05, 3.63) is 12.2 Å². The van der Waals surface area contributed by atoms with Gasteiger partial charge in [0.15, 0.2) is 0 Å². The molecule has 1 rings (SSSR count). The van der Waals surface area contributed by atoms with Gasteiger partial charge in [0.1, 0.15) is 6.10 Å². The summed E-state index contributed by atoms with van der Waals surface area (Å²) >= 11 is 0. The molecule has 0 unspecified atom stereocenters. The summed E-state index contributed by atoms with van der Waals surface area (Å²) in [6.07, 6.45) is 4.60. The van der Waals surface area contributed by atoms with Crippen LogP contribution < -0.4 is 0 Å². The Kier molecular flexibility index (Phi) is 2.69. The fourth-order valence-corrected chi connectivity index (χ4v) is 1.26. The molecule has 0 atom stereocenters. The quantitative estimate of drug-likeness (QED) is 0.449. The SMILES string of the molecule is C=C(C)C(=O)OC1CCCC1. The Balaban J connectivity index is 2.29. The molecule has 0 aromatic rings. The maximum Gasteiger partial charge on any atom is 0.333 e. The Morgan fingerprint density at radius 2 is 2.00 bits per heavy atom. The van der Waals surface area contributed by atoms with Gasteiger partial charge in [0.05, 0.1) is 0 Å². The van der Waals surface area contributed by atoms with Gasteiger partial charge in [0.2, 0.25) is 0 Å². The van der Waals surface area contributed by atoms with E-state index < -0.39 is 0 Å². The van der Waals surface area contributed by atoms with E-state index in [1.807, 2.05) is 0 Å². The summed E-state index contributed by atoms with van der Waals surface area (Å²) in [5, 5.41) is 0. The van der Waals surface area contributed by atoms with Crippen LogP contribution in [0.3, 0.4) is 0 Å². The standard InChI is InChI=1S/C9H14O2/c1-7(2)9(10)11-8-5-3-4-6-8/h8H,1,3-6H2,2H3. The fraction of sp³-hybridized carbons (Fsp3) is 0.667. The molecule has 1 aliphatic carbocycles. The lowest BCUT2D eigenvalue weighted by Crippen LogP contribution is -2.14. The van der Waals surface area contributed by atoms with Crippen molar-refractivity contribution < 1.29 is 9.53 Å². The zero-order valence-corrected chi connectivity index (χ0v) is 6.93. The van der Waals surface area contributed by atoms with Gasteiger partial charge < -0.3 is 4.74 Å². The largest absolute Gasteiger partial charge is 0.459 e. The molecule has 0 bridgehead atoms. The van der Waals surface area contributed by atoms with Gasteiger partial charge in [0, 0.05) is 5.57 Å². The van der Waals surface area contributed by atoms with E-state index in [-0.39, 0.29) is 12.1 Å². The second kappa shape index (κ2) is 3.56. The third-order valence-corrected chi connectivity index (χ3v) is 1.92. The average Bonchev–Trinajstić information content (AvgIpc) is 2.39. The zero-order valence-electron chi connectivity index (χ0n) is 6.93. The number of rotatable bonds is 2. The first-order valence-electron chi connectivity index (χ1n) is 4.06. The van der Waals surface area contributed by atoms with Crippen LogP contribution in [0.15, 0.2) is 12.2 Å². The van der Waals surface area contributed by atoms with Crippen molar-refractivity contribution in [2.45, 2.75) is 38.7 Å². The minimum atomic E-state index is -0.239. The number of ether oxygens (including phenoxy) is 1. The number of esters is 1. The maximum absolute atomic E-state index is 11.0. The Labute approximate surface area is 67.2 Å². The van der Waals surface area contributed by atoms with Crippen LogP contribution in [0.4, 0.5) is 0 Å². The smallest absolute Gasteiger partial charge is 0.333 e. The van der Waals surface area contributed by atoms with Crippen molar-refractivity contribution in [1.82, 2.24) is 0 Å². The van der Waals surface area contributed by atoms with E-state index in [4.69, 9.17) is 4.74 Å². The second-order valence-corrected chi connectivity index (χ2v) is 3.09. The molecular formula is C9H14O2. The monoisotopic (exact) mass is 154 g/mol. The number of carbonyl (C=O) groups is 1. The van der Waals surface area contributed by atoms with E-state index in [1.165, 1.54) is 12.8 Å². The molecule has 0 aliphatic heterocycles. The molecule has 1 saturated carbocycles. The van der Waals surface area contributed by atoms with Crippen LogP contribution in [0.2, 0.25) is 0 Å². The van der Waals surface area contributed by atoms with Crippen LogP contribution in [0, 0.1) is 0 Å². The van der Waals surface area contributed by atoms with Gasteiger partial charge in [-0.3, -0.25) is 0 Å². The first-order chi connectivity index (χ1) is 5.20. The normalized spacial score (nSPS) is 18.3. The summed E-state index contributed by atoms with van der Waals surface area (Å²) < 4.78 is 5.13. The molecule has 2 nitrogen and oxygen atoms in total. The Morgan fingerprint density at radius 3 is 2.45 bits per heavy atom. The van der Waals surface area contributed by atoms with Gasteiger partial charge in [0.25, 0.3) is 0 Å². The Bertz CT molecular complexity index is 166. The van der Waals surface area contributed by atoms with Crippen LogP contribution in [0.5, 0.6) is 0 Å². The summed E-state index contributed by atoms with van der Waals surface area (Å²) in [4.78, 5) is 11.0. The number of hydrogen-bond acceptors (Lipinski definition) is 2. The molecular weight excluding hydrogens is 140 g/mol. The molecule has 0 radical (unpaired) electrons. The van der Waals surface area contributed by atoms with E-state index in [0.29, 0.717) is 5.57 Å². The van der Waals surface area contributed by atoms with Crippen LogP contribution >= 0.6 is 0 Å². The third-order valence-electron chi connectivity index (χ3n) is 1.92. The number of hydrogen-bond donors (Lipinski definition) is 0. The van der Waals surface area contributed by atoms with Crippen LogP contribution in [-0.2, 0) is 9.53 Å². The van der Waals surface area contributed by atoms with Gasteiger partial charge in [-0.15, -0.1) is 0 Å². The van der Waals surface area contributed by atoms with Crippen LogP contribution in [0.25, 0.3) is 0 Å². The molecule has 0 aromatic carbocycles. The predicted molar refractivity (Wildman–Crippen MR) is 43.2 cm³/mol. The molecule has 0 amide bonds. The fourth-order valence-electron chi connectivity index (χ4n) is 1.26. The van der Waals surface area contributed by atoms with Gasteiger partial charge in [-0.05, 0) is 32.6 Å².